The van der Waals surface area contributed by atoms with Crippen molar-refractivity contribution in [2.45, 2.75) is 51.0 Å². The number of carbonyl (C=O) groups excluding carboxylic acids is 1. The van der Waals surface area contributed by atoms with Crippen molar-refractivity contribution in [2.75, 3.05) is 19.8 Å². The molecule has 30 heavy (non-hydrogen) atoms. The van der Waals surface area contributed by atoms with E-state index in [1.54, 1.807) is 24.3 Å². The van der Waals surface area contributed by atoms with E-state index in [4.69, 9.17) is 28.6 Å². The SMILES string of the molecule is O=C(NC(=S)NC[C@@H](O)COCCC12CC3CC(CC(C3)C1)C2)c1ccc(Cl)cc1. The zero-order valence-corrected chi connectivity index (χ0v) is 18.8. The molecular weight excluding hydrogens is 420 g/mol. The van der Waals surface area contributed by atoms with Crippen molar-refractivity contribution in [3.63, 3.8) is 0 Å². The van der Waals surface area contributed by atoms with Crippen molar-refractivity contribution in [3.05, 3.63) is 34.9 Å². The minimum absolute atomic E-state index is 0.183. The first-order chi connectivity index (χ1) is 14.4. The van der Waals surface area contributed by atoms with E-state index in [0.717, 1.165) is 24.2 Å². The molecule has 1 amide bonds. The van der Waals surface area contributed by atoms with Gasteiger partial charge in [0.15, 0.2) is 5.11 Å². The number of rotatable bonds is 8. The van der Waals surface area contributed by atoms with E-state index in [0.29, 0.717) is 22.6 Å². The van der Waals surface area contributed by atoms with Gasteiger partial charge in [-0.25, -0.2) is 0 Å². The predicted octanol–water partition coefficient (Wildman–Crippen LogP) is 3.93. The molecule has 0 aliphatic heterocycles. The largest absolute Gasteiger partial charge is 0.389 e. The summed E-state index contributed by atoms with van der Waals surface area (Å²) >= 11 is 11.0. The quantitative estimate of drug-likeness (QED) is 0.413. The van der Waals surface area contributed by atoms with Gasteiger partial charge in [0.25, 0.3) is 5.91 Å². The van der Waals surface area contributed by atoms with Crippen LogP contribution in [0.15, 0.2) is 24.3 Å². The molecule has 0 radical (unpaired) electrons. The highest BCUT2D eigenvalue weighted by Crippen LogP contribution is 2.61. The number of aliphatic hydroxyl groups excluding tert-OH is 1. The third kappa shape index (κ3) is 5.52. The zero-order valence-electron chi connectivity index (χ0n) is 17.2. The topological polar surface area (TPSA) is 70.6 Å². The molecule has 0 unspecified atom stereocenters. The van der Waals surface area contributed by atoms with E-state index in [1.165, 1.54) is 38.5 Å². The number of hydrogen-bond donors (Lipinski definition) is 3. The van der Waals surface area contributed by atoms with E-state index in [1.807, 2.05) is 0 Å². The maximum atomic E-state index is 12.1. The molecule has 4 aliphatic rings. The Morgan fingerprint density at radius 2 is 1.77 bits per heavy atom. The molecule has 4 fully saturated rings. The number of halogens is 1. The second-order valence-corrected chi connectivity index (χ2v) is 10.4. The van der Waals surface area contributed by atoms with Gasteiger partial charge >= 0.3 is 0 Å². The van der Waals surface area contributed by atoms with Crippen LogP contribution in [0.1, 0.15) is 55.3 Å². The standard InChI is InChI=1S/C23H31ClN2O3S/c24-19-3-1-18(2-4-19)21(28)26-22(30)25-13-20(27)14-29-6-5-23-10-15-7-16(11-23)9-17(8-15)12-23/h1-4,15-17,20,27H,5-14H2,(H2,25,26,28,30)/t15?,16?,17?,20-,23?/m1/s1. The van der Waals surface area contributed by atoms with E-state index in [2.05, 4.69) is 10.6 Å². The second-order valence-electron chi connectivity index (χ2n) is 9.57. The minimum atomic E-state index is -0.674. The van der Waals surface area contributed by atoms with Crippen LogP contribution >= 0.6 is 23.8 Å². The van der Waals surface area contributed by atoms with Crippen molar-refractivity contribution in [3.8, 4) is 0 Å². The van der Waals surface area contributed by atoms with Gasteiger partial charge < -0.3 is 15.2 Å². The van der Waals surface area contributed by atoms with Crippen molar-refractivity contribution in [2.24, 2.45) is 23.2 Å². The Morgan fingerprint density at radius 3 is 2.37 bits per heavy atom. The van der Waals surface area contributed by atoms with Crippen LogP contribution in [0.25, 0.3) is 0 Å². The van der Waals surface area contributed by atoms with Crippen LogP contribution in [0.5, 0.6) is 0 Å². The van der Waals surface area contributed by atoms with E-state index in [-0.39, 0.29) is 24.2 Å². The van der Waals surface area contributed by atoms with Gasteiger partial charge in [0.05, 0.1) is 12.7 Å². The van der Waals surface area contributed by atoms with E-state index < -0.39 is 6.10 Å². The average Bonchev–Trinajstić information content (AvgIpc) is 2.69. The molecule has 1 aromatic rings. The van der Waals surface area contributed by atoms with Crippen LogP contribution in [0.4, 0.5) is 0 Å². The fourth-order valence-corrected chi connectivity index (χ4v) is 6.50. The Hall–Kier alpha value is -1.21. The van der Waals surface area contributed by atoms with Crippen LogP contribution < -0.4 is 10.6 Å². The number of carbonyl (C=O) groups is 1. The van der Waals surface area contributed by atoms with Gasteiger partial charge in [-0.15, -0.1) is 0 Å². The normalized spacial score (nSPS) is 30.1. The van der Waals surface area contributed by atoms with Crippen molar-refractivity contribution >= 4 is 34.8 Å². The average molecular weight is 451 g/mol. The molecule has 0 spiro atoms. The number of thiocarbonyl (C=S) groups is 1. The van der Waals surface area contributed by atoms with Crippen molar-refractivity contribution in [1.29, 1.82) is 0 Å². The molecule has 0 heterocycles. The number of ether oxygens (including phenoxy) is 1. The van der Waals surface area contributed by atoms with E-state index in [9.17, 15) is 9.90 Å². The van der Waals surface area contributed by atoms with Gasteiger partial charge in [-0.2, -0.15) is 0 Å². The summed E-state index contributed by atoms with van der Waals surface area (Å²) in [6.07, 6.45) is 8.96. The molecule has 5 nitrogen and oxygen atoms in total. The summed E-state index contributed by atoms with van der Waals surface area (Å²) in [5, 5.41) is 16.4. The Bertz CT molecular complexity index is 735. The third-order valence-electron chi connectivity index (χ3n) is 7.08. The monoisotopic (exact) mass is 450 g/mol. The van der Waals surface area contributed by atoms with Crippen LogP contribution in [-0.2, 0) is 4.74 Å². The number of nitrogens with one attached hydrogen (secondary N) is 2. The second kappa shape index (κ2) is 9.51. The molecule has 4 aliphatic carbocycles. The highest BCUT2D eigenvalue weighted by atomic mass is 35.5. The highest BCUT2D eigenvalue weighted by molar-refractivity contribution is 7.80. The van der Waals surface area contributed by atoms with Crippen molar-refractivity contribution < 1.29 is 14.6 Å². The first-order valence-electron chi connectivity index (χ1n) is 11.0. The lowest BCUT2D eigenvalue weighted by atomic mass is 9.49. The van der Waals surface area contributed by atoms with E-state index >= 15 is 0 Å². The first kappa shape index (κ1) is 22.0. The first-order valence-corrected chi connectivity index (χ1v) is 11.8. The summed E-state index contributed by atoms with van der Waals surface area (Å²) in [5.41, 5.74) is 0.975. The Kier molecular flexibility index (Phi) is 6.98. The highest BCUT2D eigenvalue weighted by Gasteiger charge is 2.50. The molecule has 3 N–H and O–H groups in total. The lowest BCUT2D eigenvalue weighted by Gasteiger charge is -2.57. The maximum Gasteiger partial charge on any atom is 0.257 e. The van der Waals surface area contributed by atoms with Gasteiger partial charge in [0.1, 0.15) is 0 Å². The smallest absolute Gasteiger partial charge is 0.257 e. The Morgan fingerprint density at radius 1 is 1.17 bits per heavy atom. The summed E-state index contributed by atoms with van der Waals surface area (Å²) in [5.74, 6) is 2.55. The molecule has 1 atom stereocenters. The summed E-state index contributed by atoms with van der Waals surface area (Å²) in [4.78, 5) is 12.1. The number of hydrogen-bond acceptors (Lipinski definition) is 4. The summed E-state index contributed by atoms with van der Waals surface area (Å²) < 4.78 is 5.80. The molecule has 0 aromatic heterocycles. The van der Waals surface area contributed by atoms with Gasteiger partial charge in [-0.05, 0) is 105 Å². The molecular formula is C23H31ClN2O3S. The molecule has 5 rings (SSSR count). The van der Waals surface area contributed by atoms with Crippen LogP contribution in [0, 0.1) is 23.2 Å². The zero-order chi connectivity index (χ0) is 21.1. The third-order valence-corrected chi connectivity index (χ3v) is 7.58. The van der Waals surface area contributed by atoms with Crippen LogP contribution in [-0.4, -0.2) is 42.0 Å². The molecule has 4 bridgehead atoms. The molecule has 0 saturated heterocycles. The van der Waals surface area contributed by atoms with Gasteiger partial charge in [0.2, 0.25) is 0 Å². The summed E-state index contributed by atoms with van der Waals surface area (Å²) in [7, 11) is 0. The number of aliphatic hydroxyl groups is 1. The maximum absolute atomic E-state index is 12.1. The van der Waals surface area contributed by atoms with Gasteiger partial charge in [0, 0.05) is 23.7 Å². The van der Waals surface area contributed by atoms with Crippen LogP contribution in [0.3, 0.4) is 0 Å². The summed E-state index contributed by atoms with van der Waals surface area (Å²) in [6, 6.07) is 6.56. The van der Waals surface area contributed by atoms with Crippen molar-refractivity contribution in [1.82, 2.24) is 10.6 Å². The Balaban J connectivity index is 1.11. The summed E-state index contributed by atoms with van der Waals surface area (Å²) in [6.45, 7) is 1.21. The number of benzene rings is 1. The Labute approximate surface area is 188 Å². The molecule has 7 heteroatoms. The lowest BCUT2D eigenvalue weighted by molar-refractivity contribution is -0.0728. The fraction of sp³-hybridized carbons (Fsp3) is 0.652. The predicted molar refractivity (Wildman–Crippen MR) is 122 cm³/mol. The molecule has 1 aromatic carbocycles. The van der Waals surface area contributed by atoms with Gasteiger partial charge in [-0.1, -0.05) is 11.6 Å². The molecule has 164 valence electrons. The fourth-order valence-electron chi connectivity index (χ4n) is 6.19. The van der Waals surface area contributed by atoms with Gasteiger partial charge in [-0.3, -0.25) is 10.1 Å². The lowest BCUT2D eigenvalue weighted by Crippen LogP contribution is -2.46. The van der Waals surface area contributed by atoms with Crippen LogP contribution in [0.2, 0.25) is 5.02 Å². The number of amides is 1. The molecule has 4 saturated carbocycles. The minimum Gasteiger partial charge on any atom is -0.389 e.